The van der Waals surface area contributed by atoms with Gasteiger partial charge in [0.05, 0.1) is 36.2 Å². The Morgan fingerprint density at radius 3 is 2.75 bits per heavy atom. The van der Waals surface area contributed by atoms with Crippen LogP contribution in [0.15, 0.2) is 18.5 Å². The van der Waals surface area contributed by atoms with Gasteiger partial charge in [0.2, 0.25) is 0 Å². The largest absolute Gasteiger partial charge is 0.495 e. The molecule has 8 heavy (non-hydrogen) atoms. The molecule has 1 heterocycles. The van der Waals surface area contributed by atoms with Gasteiger partial charge in [-0.05, 0) is 6.07 Å². The van der Waals surface area contributed by atoms with Crippen molar-refractivity contribution in [1.29, 1.82) is 0 Å². The molecule has 44 valence electrons. The first kappa shape index (κ1) is 5.94. The molecular formula is C5H6INO. The van der Waals surface area contributed by atoms with E-state index < -0.39 is 0 Å². The zero-order chi connectivity index (χ0) is 5.98. The van der Waals surface area contributed by atoms with E-state index in [-0.39, 0.29) is 0 Å². The average Bonchev–Trinajstić information content (AvgIpc) is 2.14. The first-order valence-electron chi connectivity index (χ1n) is 2.21. The first-order chi connectivity index (χ1) is 3.83. The Labute approximate surface area is 61.9 Å². The number of halogens is 1. The molecule has 2 nitrogen and oxygen atoms in total. The second-order valence-corrected chi connectivity index (χ2v) is 2.51. The molecule has 1 rings (SSSR count). The monoisotopic (exact) mass is 223 g/mol. The van der Waals surface area contributed by atoms with Gasteiger partial charge in [0.25, 0.3) is 0 Å². The van der Waals surface area contributed by atoms with Crippen LogP contribution >= 0.6 is 22.9 Å². The molecule has 0 aromatic carbocycles. The molecule has 3 heteroatoms. The number of ether oxygens (including phenoxy) is 1. The van der Waals surface area contributed by atoms with E-state index >= 15 is 0 Å². The highest BCUT2D eigenvalue weighted by molar-refractivity contribution is 14.1. The summed E-state index contributed by atoms with van der Waals surface area (Å²) in [4.78, 5) is 0. The third-order valence-corrected chi connectivity index (χ3v) is 1.47. The fourth-order valence-corrected chi connectivity index (χ4v) is 0.908. The third kappa shape index (κ3) is 1.15. The minimum Gasteiger partial charge on any atom is -0.495 e. The Kier molecular flexibility index (Phi) is 1.77. The van der Waals surface area contributed by atoms with Crippen LogP contribution in [0.1, 0.15) is 0 Å². The minimum atomic E-state index is 0.902. The molecule has 0 saturated carbocycles. The van der Waals surface area contributed by atoms with E-state index in [1.54, 1.807) is 7.11 Å². The van der Waals surface area contributed by atoms with E-state index in [1.165, 1.54) is 0 Å². The fraction of sp³-hybridized carbons (Fsp3) is 0.200. The summed E-state index contributed by atoms with van der Waals surface area (Å²) in [6.07, 6.45) is 3.83. The van der Waals surface area contributed by atoms with Crippen LogP contribution in [0, 0.1) is 0 Å². The van der Waals surface area contributed by atoms with Gasteiger partial charge in [0.1, 0.15) is 5.75 Å². The summed E-state index contributed by atoms with van der Waals surface area (Å²) < 4.78 is 6.82. The molecule has 0 atom stereocenters. The molecule has 0 N–H and O–H groups in total. The quantitative estimate of drug-likeness (QED) is 0.661. The van der Waals surface area contributed by atoms with Gasteiger partial charge in [-0.2, -0.15) is 0 Å². The number of methoxy groups -OCH3 is 1. The summed E-state index contributed by atoms with van der Waals surface area (Å²) in [5, 5.41) is 0. The fourth-order valence-electron chi connectivity index (χ4n) is 0.473. The Morgan fingerprint density at radius 1 is 1.75 bits per heavy atom. The maximum absolute atomic E-state index is 4.91. The van der Waals surface area contributed by atoms with Gasteiger partial charge in [-0.3, -0.25) is 2.78 Å². The van der Waals surface area contributed by atoms with Crippen LogP contribution in [0.2, 0.25) is 0 Å². The molecule has 1 aromatic heterocycles. The lowest BCUT2D eigenvalue weighted by Gasteiger charge is -1.88. The number of aromatic nitrogens is 1. The molecule has 0 aliphatic heterocycles. The lowest BCUT2D eigenvalue weighted by molar-refractivity contribution is 0.415. The van der Waals surface area contributed by atoms with Gasteiger partial charge in [-0.15, -0.1) is 0 Å². The Hall–Kier alpha value is -0.190. The standard InChI is InChI=1S/C5H6INO/c1-8-5-2-3-7(6)4-5/h2-4H,1H3. The molecule has 0 radical (unpaired) electrons. The SMILES string of the molecule is COc1ccn(I)c1. The topological polar surface area (TPSA) is 14.2 Å². The lowest BCUT2D eigenvalue weighted by Crippen LogP contribution is -1.76. The first-order valence-corrected chi connectivity index (χ1v) is 3.17. The van der Waals surface area contributed by atoms with Crippen molar-refractivity contribution < 1.29 is 4.74 Å². The molecule has 1 aromatic rings. The zero-order valence-electron chi connectivity index (χ0n) is 4.47. The van der Waals surface area contributed by atoms with Gasteiger partial charge in [-0.1, -0.05) is 0 Å². The zero-order valence-corrected chi connectivity index (χ0v) is 6.62. The molecule has 0 aliphatic carbocycles. The Balaban J connectivity index is 2.84. The summed E-state index contributed by atoms with van der Waals surface area (Å²) >= 11 is 2.16. The van der Waals surface area contributed by atoms with Crippen LogP contribution in [0.3, 0.4) is 0 Å². The second kappa shape index (κ2) is 2.39. The normalized spacial score (nSPS) is 9.25. The van der Waals surface area contributed by atoms with Crippen molar-refractivity contribution in [3.8, 4) is 5.75 Å². The Bertz CT molecular complexity index is 173. The highest BCUT2D eigenvalue weighted by atomic mass is 127. The predicted molar refractivity (Wildman–Crippen MR) is 40.4 cm³/mol. The average molecular weight is 223 g/mol. The number of hydrogen-bond acceptors (Lipinski definition) is 1. The van der Waals surface area contributed by atoms with E-state index in [0.717, 1.165) is 5.75 Å². The molecule has 0 bridgehead atoms. The number of rotatable bonds is 1. The van der Waals surface area contributed by atoms with Gasteiger partial charge < -0.3 is 4.74 Å². The lowest BCUT2D eigenvalue weighted by atomic mass is 10.6. The van der Waals surface area contributed by atoms with Crippen molar-refractivity contribution >= 4 is 22.9 Å². The van der Waals surface area contributed by atoms with Crippen LogP contribution in [0.4, 0.5) is 0 Å². The highest BCUT2D eigenvalue weighted by Gasteiger charge is 1.88. The van der Waals surface area contributed by atoms with E-state index in [0.29, 0.717) is 0 Å². The van der Waals surface area contributed by atoms with E-state index in [4.69, 9.17) is 4.74 Å². The third-order valence-electron chi connectivity index (χ3n) is 0.867. The van der Waals surface area contributed by atoms with E-state index in [2.05, 4.69) is 22.9 Å². The van der Waals surface area contributed by atoms with Crippen LogP contribution in [-0.4, -0.2) is 9.89 Å². The smallest absolute Gasteiger partial charge is 0.137 e. The van der Waals surface area contributed by atoms with Crippen molar-refractivity contribution in [2.45, 2.75) is 0 Å². The van der Waals surface area contributed by atoms with Crippen molar-refractivity contribution in [3.05, 3.63) is 18.5 Å². The molecule has 0 spiro atoms. The van der Waals surface area contributed by atoms with Crippen LogP contribution in [0.25, 0.3) is 0 Å². The summed E-state index contributed by atoms with van der Waals surface area (Å²) in [6, 6.07) is 1.91. The molecule has 0 fully saturated rings. The molecule has 0 unspecified atom stereocenters. The predicted octanol–water partition coefficient (Wildman–Crippen LogP) is 1.69. The van der Waals surface area contributed by atoms with Crippen molar-refractivity contribution in [2.75, 3.05) is 7.11 Å². The molecule has 0 aliphatic rings. The second-order valence-electron chi connectivity index (χ2n) is 1.40. The van der Waals surface area contributed by atoms with Gasteiger partial charge in [0.15, 0.2) is 0 Å². The summed E-state index contributed by atoms with van der Waals surface area (Å²) in [5.74, 6) is 0.902. The van der Waals surface area contributed by atoms with E-state index in [9.17, 15) is 0 Å². The maximum atomic E-state index is 4.91. The molecular weight excluding hydrogens is 217 g/mol. The molecule has 0 amide bonds. The van der Waals surface area contributed by atoms with Gasteiger partial charge >= 0.3 is 0 Å². The van der Waals surface area contributed by atoms with Gasteiger partial charge in [-0.25, -0.2) is 0 Å². The summed E-state index contributed by atoms with van der Waals surface area (Å²) in [5.41, 5.74) is 0. The van der Waals surface area contributed by atoms with Gasteiger partial charge in [0, 0.05) is 6.20 Å². The Morgan fingerprint density at radius 2 is 2.50 bits per heavy atom. The minimum absolute atomic E-state index is 0.902. The highest BCUT2D eigenvalue weighted by Crippen LogP contribution is 2.11. The maximum Gasteiger partial charge on any atom is 0.137 e. The van der Waals surface area contributed by atoms with E-state index in [1.807, 2.05) is 21.2 Å². The summed E-state index contributed by atoms with van der Waals surface area (Å²) in [6.45, 7) is 0. The summed E-state index contributed by atoms with van der Waals surface area (Å²) in [7, 11) is 1.66. The van der Waals surface area contributed by atoms with Crippen LogP contribution in [0.5, 0.6) is 5.75 Å². The van der Waals surface area contributed by atoms with Crippen molar-refractivity contribution in [2.24, 2.45) is 0 Å². The van der Waals surface area contributed by atoms with Crippen LogP contribution in [-0.2, 0) is 0 Å². The van der Waals surface area contributed by atoms with Crippen LogP contribution < -0.4 is 4.74 Å². The van der Waals surface area contributed by atoms with Crippen molar-refractivity contribution in [1.82, 2.24) is 2.78 Å². The number of hydrogen-bond donors (Lipinski definition) is 0. The van der Waals surface area contributed by atoms with Crippen molar-refractivity contribution in [3.63, 3.8) is 0 Å². The number of nitrogens with zero attached hydrogens (tertiary/aromatic N) is 1. The molecule has 0 saturated heterocycles.